The lowest BCUT2D eigenvalue weighted by Gasteiger charge is -2.09. The number of hydrogen-bond acceptors (Lipinski definition) is 2. The van der Waals surface area contributed by atoms with Gasteiger partial charge < -0.3 is 9.88 Å². The Morgan fingerprint density at radius 1 is 1.32 bits per heavy atom. The monoisotopic (exact) mass is 297 g/mol. The molecule has 0 aliphatic carbocycles. The van der Waals surface area contributed by atoms with Gasteiger partial charge in [-0.05, 0) is 55.8 Å². The van der Waals surface area contributed by atoms with Gasteiger partial charge in [-0.1, -0.05) is 0 Å². The molecule has 0 bridgehead atoms. The lowest BCUT2D eigenvalue weighted by atomic mass is 10.1. The number of rotatable bonds is 3. The van der Waals surface area contributed by atoms with Crippen LogP contribution < -0.4 is 5.32 Å². The Labute approximate surface area is 128 Å². The van der Waals surface area contributed by atoms with Crippen LogP contribution in [-0.2, 0) is 4.79 Å². The van der Waals surface area contributed by atoms with Crippen molar-refractivity contribution in [1.29, 1.82) is 5.26 Å². The van der Waals surface area contributed by atoms with Crippen LogP contribution in [0.15, 0.2) is 35.9 Å². The minimum absolute atomic E-state index is 0.0434. The highest BCUT2D eigenvalue weighted by Crippen LogP contribution is 2.23. The molecule has 0 saturated carbocycles. The number of halogens is 1. The standard InChI is InChI=1S/C17H16FN3O/c1-11-8-13(9-14(10-19)17(22)20-3)12(2)21(11)16-6-4-15(18)5-7-16/h4-9H,1-3H3,(H,20,22)/b14-9-. The first kappa shape index (κ1) is 15.5. The van der Waals surface area contributed by atoms with Crippen LogP contribution in [0.5, 0.6) is 0 Å². The zero-order valence-corrected chi connectivity index (χ0v) is 12.6. The van der Waals surface area contributed by atoms with Crippen molar-refractivity contribution in [3.05, 3.63) is 58.7 Å². The topological polar surface area (TPSA) is 57.8 Å². The molecule has 112 valence electrons. The molecular formula is C17H16FN3O. The summed E-state index contributed by atoms with van der Waals surface area (Å²) in [5.41, 5.74) is 3.46. The number of nitriles is 1. The predicted octanol–water partition coefficient (Wildman–Crippen LogP) is 2.89. The van der Waals surface area contributed by atoms with Gasteiger partial charge in [0, 0.05) is 24.1 Å². The second-order valence-electron chi connectivity index (χ2n) is 4.89. The zero-order valence-electron chi connectivity index (χ0n) is 12.6. The van der Waals surface area contributed by atoms with Gasteiger partial charge in [-0.2, -0.15) is 5.26 Å². The van der Waals surface area contributed by atoms with E-state index in [0.717, 1.165) is 22.6 Å². The van der Waals surface area contributed by atoms with E-state index in [9.17, 15) is 9.18 Å². The second kappa shape index (κ2) is 6.27. The molecule has 0 atom stereocenters. The molecule has 1 heterocycles. The highest BCUT2D eigenvalue weighted by atomic mass is 19.1. The maximum Gasteiger partial charge on any atom is 0.261 e. The summed E-state index contributed by atoms with van der Waals surface area (Å²) in [7, 11) is 1.48. The molecular weight excluding hydrogens is 281 g/mol. The Morgan fingerprint density at radius 3 is 2.50 bits per heavy atom. The van der Waals surface area contributed by atoms with Crippen LogP contribution in [0.2, 0.25) is 0 Å². The fourth-order valence-electron chi connectivity index (χ4n) is 2.36. The van der Waals surface area contributed by atoms with E-state index >= 15 is 0 Å². The maximum absolute atomic E-state index is 13.1. The van der Waals surface area contributed by atoms with E-state index in [1.807, 2.05) is 30.6 Å². The quantitative estimate of drug-likeness (QED) is 0.699. The van der Waals surface area contributed by atoms with Gasteiger partial charge in [0.1, 0.15) is 17.5 Å². The number of aryl methyl sites for hydroxylation is 1. The third kappa shape index (κ3) is 2.91. The normalized spacial score (nSPS) is 11.1. The molecule has 0 radical (unpaired) electrons. The fourth-order valence-corrected chi connectivity index (χ4v) is 2.36. The Kier molecular flexibility index (Phi) is 4.42. The number of hydrogen-bond donors (Lipinski definition) is 1. The number of carbonyl (C=O) groups excluding carboxylic acids is 1. The summed E-state index contributed by atoms with van der Waals surface area (Å²) < 4.78 is 15.0. The molecule has 5 heteroatoms. The van der Waals surface area contributed by atoms with E-state index in [1.165, 1.54) is 19.2 Å². The summed E-state index contributed by atoms with van der Waals surface area (Å²) in [6.07, 6.45) is 1.56. The molecule has 0 aliphatic heterocycles. The molecule has 1 N–H and O–H groups in total. The first-order valence-corrected chi connectivity index (χ1v) is 6.76. The van der Waals surface area contributed by atoms with Crippen molar-refractivity contribution in [3.63, 3.8) is 0 Å². The van der Waals surface area contributed by atoms with Crippen molar-refractivity contribution >= 4 is 12.0 Å². The molecule has 2 aromatic rings. The van der Waals surface area contributed by atoms with Crippen molar-refractivity contribution in [2.75, 3.05) is 7.05 Å². The molecule has 22 heavy (non-hydrogen) atoms. The first-order valence-electron chi connectivity index (χ1n) is 6.76. The minimum Gasteiger partial charge on any atom is -0.354 e. The smallest absolute Gasteiger partial charge is 0.261 e. The molecule has 1 aromatic heterocycles. The number of amides is 1. The van der Waals surface area contributed by atoms with E-state index in [1.54, 1.807) is 18.2 Å². The zero-order chi connectivity index (χ0) is 16.3. The number of carbonyl (C=O) groups is 1. The average molecular weight is 297 g/mol. The summed E-state index contributed by atoms with van der Waals surface area (Å²) >= 11 is 0. The van der Waals surface area contributed by atoms with Crippen molar-refractivity contribution in [2.24, 2.45) is 0 Å². The summed E-state index contributed by atoms with van der Waals surface area (Å²) in [5, 5.41) is 11.5. The van der Waals surface area contributed by atoms with E-state index in [2.05, 4.69) is 5.32 Å². The molecule has 1 amide bonds. The van der Waals surface area contributed by atoms with E-state index < -0.39 is 5.91 Å². The van der Waals surface area contributed by atoms with Crippen LogP contribution >= 0.6 is 0 Å². The lowest BCUT2D eigenvalue weighted by molar-refractivity contribution is -0.116. The molecule has 4 nitrogen and oxygen atoms in total. The summed E-state index contributed by atoms with van der Waals surface area (Å²) in [6, 6.07) is 9.95. The van der Waals surface area contributed by atoms with Crippen LogP contribution in [0.4, 0.5) is 4.39 Å². The van der Waals surface area contributed by atoms with Gasteiger partial charge in [0.2, 0.25) is 0 Å². The summed E-state index contributed by atoms with van der Waals surface area (Å²) in [5.74, 6) is -0.716. The number of benzene rings is 1. The fraction of sp³-hybridized carbons (Fsp3) is 0.176. The maximum atomic E-state index is 13.1. The van der Waals surface area contributed by atoms with E-state index in [-0.39, 0.29) is 11.4 Å². The molecule has 0 unspecified atom stereocenters. The molecule has 0 fully saturated rings. The van der Waals surface area contributed by atoms with E-state index in [4.69, 9.17) is 5.26 Å². The lowest BCUT2D eigenvalue weighted by Crippen LogP contribution is -2.19. The molecule has 2 rings (SSSR count). The highest BCUT2D eigenvalue weighted by Gasteiger charge is 2.12. The van der Waals surface area contributed by atoms with Crippen molar-refractivity contribution in [3.8, 4) is 11.8 Å². The molecule has 0 aliphatic rings. The SMILES string of the molecule is CNC(=O)/C(C#N)=C\c1cc(C)n(-c2ccc(F)cc2)c1C. The Bertz CT molecular complexity index is 779. The third-order valence-electron chi connectivity index (χ3n) is 3.45. The van der Waals surface area contributed by atoms with Crippen molar-refractivity contribution in [2.45, 2.75) is 13.8 Å². The van der Waals surface area contributed by atoms with Gasteiger partial charge in [-0.15, -0.1) is 0 Å². The average Bonchev–Trinajstić information content (AvgIpc) is 2.79. The number of nitrogens with one attached hydrogen (secondary N) is 1. The number of likely N-dealkylation sites (N-methyl/N-ethyl adjacent to an activating group) is 1. The number of aromatic nitrogens is 1. The van der Waals surface area contributed by atoms with Crippen LogP contribution in [0.25, 0.3) is 11.8 Å². The second-order valence-corrected chi connectivity index (χ2v) is 4.89. The van der Waals surface area contributed by atoms with Gasteiger partial charge >= 0.3 is 0 Å². The van der Waals surface area contributed by atoms with Crippen molar-refractivity contribution in [1.82, 2.24) is 9.88 Å². The predicted molar refractivity (Wildman–Crippen MR) is 82.9 cm³/mol. The molecule has 0 spiro atoms. The third-order valence-corrected chi connectivity index (χ3v) is 3.45. The van der Waals surface area contributed by atoms with Gasteiger partial charge in [-0.25, -0.2) is 4.39 Å². The van der Waals surface area contributed by atoms with Crippen LogP contribution in [0, 0.1) is 31.0 Å². The molecule has 1 aromatic carbocycles. The minimum atomic E-state index is -0.422. The largest absolute Gasteiger partial charge is 0.354 e. The van der Waals surface area contributed by atoms with Gasteiger partial charge in [0.25, 0.3) is 5.91 Å². The highest BCUT2D eigenvalue weighted by molar-refractivity contribution is 6.01. The van der Waals surface area contributed by atoms with Crippen LogP contribution in [0.1, 0.15) is 17.0 Å². The summed E-state index contributed by atoms with van der Waals surface area (Å²) in [4.78, 5) is 11.6. The van der Waals surface area contributed by atoms with Gasteiger partial charge in [-0.3, -0.25) is 4.79 Å². The van der Waals surface area contributed by atoms with Crippen LogP contribution in [-0.4, -0.2) is 17.5 Å². The van der Waals surface area contributed by atoms with Crippen molar-refractivity contribution < 1.29 is 9.18 Å². The summed E-state index contributed by atoms with van der Waals surface area (Å²) in [6.45, 7) is 3.81. The molecule has 0 saturated heterocycles. The Morgan fingerprint density at radius 2 is 1.95 bits per heavy atom. The van der Waals surface area contributed by atoms with E-state index in [0.29, 0.717) is 0 Å². The van der Waals surface area contributed by atoms with Gasteiger partial charge in [0.05, 0.1) is 0 Å². The van der Waals surface area contributed by atoms with Gasteiger partial charge in [0.15, 0.2) is 0 Å². The Hall–Kier alpha value is -2.87. The first-order chi connectivity index (χ1) is 10.5. The Balaban J connectivity index is 2.52. The van der Waals surface area contributed by atoms with Crippen LogP contribution in [0.3, 0.4) is 0 Å². The number of nitrogens with zero attached hydrogens (tertiary/aromatic N) is 2.